The van der Waals surface area contributed by atoms with Gasteiger partial charge in [0.1, 0.15) is 5.69 Å². The van der Waals surface area contributed by atoms with Crippen LogP contribution in [0, 0.1) is 5.92 Å². The number of rotatable bonds is 3. The summed E-state index contributed by atoms with van der Waals surface area (Å²) in [4.78, 5) is 19.0. The van der Waals surface area contributed by atoms with Gasteiger partial charge >= 0.3 is 0 Å². The molecule has 28 heavy (non-hydrogen) atoms. The number of hydrogen-bond donors (Lipinski definition) is 1. The Kier molecular flexibility index (Phi) is 4.20. The van der Waals surface area contributed by atoms with E-state index in [9.17, 15) is 4.79 Å². The Morgan fingerprint density at radius 2 is 2.11 bits per heavy atom. The van der Waals surface area contributed by atoms with Crippen molar-refractivity contribution in [2.75, 3.05) is 20.1 Å². The summed E-state index contributed by atoms with van der Waals surface area (Å²) < 4.78 is 2.26. The summed E-state index contributed by atoms with van der Waals surface area (Å²) in [5.41, 5.74) is 4.78. The average molecular weight is 374 g/mol. The molecule has 5 nitrogen and oxygen atoms in total. The van der Waals surface area contributed by atoms with Crippen molar-refractivity contribution in [3.8, 4) is 0 Å². The maximum atomic E-state index is 12.4. The first kappa shape index (κ1) is 17.4. The first-order chi connectivity index (χ1) is 13.6. The highest BCUT2D eigenvalue weighted by molar-refractivity contribution is 5.92. The number of hydrogen-bond acceptors (Lipinski definition) is 3. The van der Waals surface area contributed by atoms with Crippen LogP contribution in [0.4, 0.5) is 0 Å². The third kappa shape index (κ3) is 2.81. The van der Waals surface area contributed by atoms with Crippen LogP contribution in [-0.2, 0) is 13.5 Å². The molecule has 1 N–H and O–H groups in total. The second-order valence-electron chi connectivity index (χ2n) is 8.35. The number of fused-ring (bicyclic) bond motifs is 2. The van der Waals surface area contributed by atoms with Crippen LogP contribution in [0.2, 0.25) is 0 Å². The lowest BCUT2D eigenvalue weighted by Gasteiger charge is -2.45. The molecule has 0 spiro atoms. The minimum atomic E-state index is -0.0820. The number of aryl methyl sites for hydroxylation is 1. The molecular formula is C23H26N4O. The highest BCUT2D eigenvalue weighted by atomic mass is 16.1. The van der Waals surface area contributed by atoms with E-state index in [2.05, 4.69) is 58.3 Å². The van der Waals surface area contributed by atoms with Crippen molar-refractivity contribution in [2.45, 2.75) is 24.8 Å². The smallest absolute Gasteiger partial charge is 0.269 e. The molecule has 0 saturated carbocycles. The van der Waals surface area contributed by atoms with Crippen molar-refractivity contribution in [3.05, 3.63) is 65.6 Å². The fraction of sp³-hybridized carbons (Fsp3) is 0.391. The normalized spacial score (nSPS) is 24.1. The van der Waals surface area contributed by atoms with Gasteiger partial charge in [-0.25, -0.2) is 0 Å². The first-order valence-corrected chi connectivity index (χ1v) is 10.1. The van der Waals surface area contributed by atoms with Crippen molar-refractivity contribution in [1.29, 1.82) is 0 Å². The van der Waals surface area contributed by atoms with Crippen LogP contribution in [0.3, 0.4) is 0 Å². The van der Waals surface area contributed by atoms with Gasteiger partial charge in [-0.15, -0.1) is 0 Å². The summed E-state index contributed by atoms with van der Waals surface area (Å²) in [5.74, 6) is 0.884. The van der Waals surface area contributed by atoms with E-state index in [1.165, 1.54) is 22.0 Å². The SMILES string of the molecule is CN1C[C@H](CNC(=O)c2ccccn2)C[C@@H]2c3cccc4c3c(cn4C)C[C@H]21. The maximum Gasteiger partial charge on any atom is 0.269 e. The van der Waals surface area contributed by atoms with E-state index in [0.717, 1.165) is 19.4 Å². The molecule has 2 aromatic heterocycles. The highest BCUT2D eigenvalue weighted by Gasteiger charge is 2.39. The highest BCUT2D eigenvalue weighted by Crippen LogP contribution is 2.44. The average Bonchev–Trinajstić information content (AvgIpc) is 3.04. The summed E-state index contributed by atoms with van der Waals surface area (Å²) in [6.45, 7) is 1.71. The Bertz CT molecular complexity index is 1030. The molecule has 1 saturated heterocycles. The number of pyridine rings is 1. The van der Waals surface area contributed by atoms with Crippen LogP contribution in [0.15, 0.2) is 48.8 Å². The van der Waals surface area contributed by atoms with Gasteiger partial charge in [-0.1, -0.05) is 18.2 Å². The summed E-state index contributed by atoms with van der Waals surface area (Å²) in [7, 11) is 4.38. The van der Waals surface area contributed by atoms with Gasteiger partial charge in [-0.3, -0.25) is 9.78 Å². The van der Waals surface area contributed by atoms with E-state index in [0.29, 0.717) is 30.1 Å². The second kappa shape index (κ2) is 6.74. The molecule has 2 aliphatic rings. The lowest BCUT2D eigenvalue weighted by molar-refractivity contribution is 0.0887. The Labute approximate surface area is 165 Å². The van der Waals surface area contributed by atoms with Gasteiger partial charge in [-0.05, 0) is 55.1 Å². The van der Waals surface area contributed by atoms with E-state index in [-0.39, 0.29) is 5.91 Å². The van der Waals surface area contributed by atoms with Crippen LogP contribution in [0.1, 0.15) is 34.0 Å². The van der Waals surface area contributed by atoms with Gasteiger partial charge in [0.15, 0.2) is 0 Å². The number of likely N-dealkylation sites (tertiary alicyclic amines) is 1. The van der Waals surface area contributed by atoms with Gasteiger partial charge in [0.25, 0.3) is 5.91 Å². The molecule has 144 valence electrons. The summed E-state index contributed by atoms with van der Waals surface area (Å²) >= 11 is 0. The van der Waals surface area contributed by atoms with Gasteiger partial charge in [0, 0.05) is 55.4 Å². The molecule has 0 unspecified atom stereocenters. The van der Waals surface area contributed by atoms with E-state index in [1.54, 1.807) is 12.3 Å². The lowest BCUT2D eigenvalue weighted by Crippen LogP contribution is -2.50. The van der Waals surface area contributed by atoms with Gasteiger partial charge in [0.05, 0.1) is 0 Å². The monoisotopic (exact) mass is 374 g/mol. The number of aromatic nitrogens is 2. The molecule has 1 aromatic carbocycles. The molecule has 3 heterocycles. The zero-order chi connectivity index (χ0) is 19.3. The van der Waals surface area contributed by atoms with Crippen molar-refractivity contribution in [1.82, 2.24) is 19.8 Å². The number of piperidine rings is 1. The van der Waals surface area contributed by atoms with Crippen LogP contribution in [-0.4, -0.2) is 46.5 Å². The number of benzene rings is 1. The Morgan fingerprint density at radius 3 is 2.93 bits per heavy atom. The number of nitrogens with one attached hydrogen (secondary N) is 1. The predicted molar refractivity (Wildman–Crippen MR) is 110 cm³/mol. The van der Waals surface area contributed by atoms with E-state index < -0.39 is 0 Å². The van der Waals surface area contributed by atoms with E-state index >= 15 is 0 Å². The largest absolute Gasteiger partial charge is 0.350 e. The van der Waals surface area contributed by atoms with Crippen molar-refractivity contribution >= 4 is 16.8 Å². The molecule has 1 fully saturated rings. The third-order valence-corrected chi connectivity index (χ3v) is 6.57. The summed E-state index contributed by atoms with van der Waals surface area (Å²) in [5, 5.41) is 4.56. The lowest BCUT2D eigenvalue weighted by atomic mass is 9.72. The maximum absolute atomic E-state index is 12.4. The number of nitrogens with zero attached hydrogens (tertiary/aromatic N) is 3. The second-order valence-corrected chi connectivity index (χ2v) is 8.35. The quantitative estimate of drug-likeness (QED) is 0.767. The summed E-state index contributed by atoms with van der Waals surface area (Å²) in [6.07, 6.45) is 6.19. The van der Waals surface area contributed by atoms with Crippen LogP contribution in [0.5, 0.6) is 0 Å². The van der Waals surface area contributed by atoms with Crippen LogP contribution < -0.4 is 5.32 Å². The van der Waals surface area contributed by atoms with Crippen molar-refractivity contribution in [3.63, 3.8) is 0 Å². The minimum absolute atomic E-state index is 0.0820. The summed E-state index contributed by atoms with van der Waals surface area (Å²) in [6, 6.07) is 12.7. The fourth-order valence-corrected chi connectivity index (χ4v) is 5.30. The molecule has 3 atom stereocenters. The number of carbonyl (C=O) groups excluding carboxylic acids is 1. The van der Waals surface area contributed by atoms with Gasteiger partial charge < -0.3 is 14.8 Å². The van der Waals surface area contributed by atoms with Crippen molar-refractivity contribution in [2.24, 2.45) is 13.0 Å². The van der Waals surface area contributed by atoms with Gasteiger partial charge in [0.2, 0.25) is 0 Å². The predicted octanol–water partition coefficient (Wildman–Crippen LogP) is 2.96. The van der Waals surface area contributed by atoms with Crippen molar-refractivity contribution < 1.29 is 4.79 Å². The van der Waals surface area contributed by atoms with Crippen LogP contribution >= 0.6 is 0 Å². The molecule has 1 aliphatic carbocycles. The minimum Gasteiger partial charge on any atom is -0.350 e. The first-order valence-electron chi connectivity index (χ1n) is 10.1. The standard InChI is InChI=1S/C23H26N4O/c1-26-13-15(12-25-23(28)19-7-3-4-9-24-19)10-18-17-6-5-8-20-22(17)16(11-21(18)26)14-27(20)2/h3-9,14-15,18,21H,10-13H2,1-2H3,(H,25,28)/t15-,18+,21+/m0/s1. The molecule has 5 heteroatoms. The Balaban J connectivity index is 1.37. The zero-order valence-electron chi connectivity index (χ0n) is 16.4. The Morgan fingerprint density at radius 1 is 1.21 bits per heavy atom. The third-order valence-electron chi connectivity index (χ3n) is 6.57. The molecule has 5 rings (SSSR count). The molecule has 1 aliphatic heterocycles. The molecule has 0 radical (unpaired) electrons. The number of amides is 1. The zero-order valence-corrected chi connectivity index (χ0v) is 16.4. The fourth-order valence-electron chi connectivity index (χ4n) is 5.30. The molecule has 3 aromatic rings. The van der Waals surface area contributed by atoms with E-state index in [1.807, 2.05) is 12.1 Å². The van der Waals surface area contributed by atoms with Gasteiger partial charge in [-0.2, -0.15) is 0 Å². The molecular weight excluding hydrogens is 348 g/mol. The molecule has 0 bridgehead atoms. The molecule has 1 amide bonds. The van der Waals surface area contributed by atoms with Crippen LogP contribution in [0.25, 0.3) is 10.9 Å². The topological polar surface area (TPSA) is 50.2 Å². The number of likely N-dealkylation sites (N-methyl/N-ethyl adjacent to an activating group) is 1. The van der Waals surface area contributed by atoms with E-state index in [4.69, 9.17) is 0 Å². The Hall–Kier alpha value is -2.66. The number of carbonyl (C=O) groups is 1.